The number of anilines is 1. The number of nitrogens with one attached hydrogen (secondary N) is 2. The molecule has 1 saturated heterocycles. The molecule has 1 saturated carbocycles. The molecule has 1 heterocycles. The number of nitrogens with zero attached hydrogens (tertiary/aromatic N) is 2. The fourth-order valence-corrected chi connectivity index (χ4v) is 6.19. The van der Waals surface area contributed by atoms with Crippen molar-refractivity contribution in [3.63, 3.8) is 0 Å². The SMILES string of the molecule is CN(C)c1ccc(CN(C(=S)NC2CCCCCCC2)C2CC(C)(C)NC(C)(C)C2)cc1. The maximum absolute atomic E-state index is 6.12. The summed E-state index contributed by atoms with van der Waals surface area (Å²) in [5.74, 6) is 0. The average molecular weight is 459 g/mol. The summed E-state index contributed by atoms with van der Waals surface area (Å²) in [5.41, 5.74) is 2.75. The van der Waals surface area contributed by atoms with Crippen LogP contribution in [-0.4, -0.2) is 47.3 Å². The minimum absolute atomic E-state index is 0.0926. The predicted octanol–water partition coefficient (Wildman–Crippen LogP) is 5.85. The van der Waals surface area contributed by atoms with Crippen LogP contribution in [0.4, 0.5) is 5.69 Å². The van der Waals surface area contributed by atoms with E-state index in [1.807, 2.05) is 0 Å². The molecule has 0 unspecified atom stereocenters. The zero-order valence-electron chi connectivity index (χ0n) is 21.3. The van der Waals surface area contributed by atoms with Crippen molar-refractivity contribution in [1.29, 1.82) is 0 Å². The molecular formula is C27H46N4S. The number of rotatable bonds is 5. The van der Waals surface area contributed by atoms with Crippen molar-refractivity contribution in [3.05, 3.63) is 29.8 Å². The maximum Gasteiger partial charge on any atom is 0.169 e. The summed E-state index contributed by atoms with van der Waals surface area (Å²) in [7, 11) is 4.18. The first-order chi connectivity index (χ1) is 15.0. The number of hydrogen-bond donors (Lipinski definition) is 2. The van der Waals surface area contributed by atoms with Gasteiger partial charge in [-0.2, -0.15) is 0 Å². The molecule has 5 heteroatoms. The topological polar surface area (TPSA) is 30.5 Å². The van der Waals surface area contributed by atoms with Gasteiger partial charge >= 0.3 is 0 Å². The maximum atomic E-state index is 6.12. The fraction of sp³-hybridized carbons (Fsp3) is 0.741. The van der Waals surface area contributed by atoms with Gasteiger partial charge in [-0.25, -0.2) is 0 Å². The Bertz CT molecular complexity index is 717. The Hall–Kier alpha value is -1.33. The van der Waals surface area contributed by atoms with E-state index in [1.165, 1.54) is 56.2 Å². The lowest BCUT2D eigenvalue weighted by Gasteiger charge is -2.50. The first-order valence-corrected chi connectivity index (χ1v) is 13.1. The Labute approximate surface area is 202 Å². The quantitative estimate of drug-likeness (QED) is 0.540. The number of benzene rings is 1. The van der Waals surface area contributed by atoms with E-state index in [1.54, 1.807) is 0 Å². The summed E-state index contributed by atoms with van der Waals surface area (Å²) in [6.45, 7) is 10.2. The summed E-state index contributed by atoms with van der Waals surface area (Å²) < 4.78 is 0. The molecule has 4 nitrogen and oxygen atoms in total. The molecule has 32 heavy (non-hydrogen) atoms. The van der Waals surface area contributed by atoms with Crippen molar-refractivity contribution >= 4 is 23.0 Å². The van der Waals surface area contributed by atoms with Gasteiger partial charge in [-0.3, -0.25) is 0 Å². The van der Waals surface area contributed by atoms with Gasteiger partial charge in [0.2, 0.25) is 0 Å². The minimum atomic E-state index is 0.0926. The third-order valence-corrected chi connectivity index (χ3v) is 7.46. The Kier molecular flexibility index (Phi) is 8.48. The second-order valence-electron chi connectivity index (χ2n) is 11.6. The first-order valence-electron chi connectivity index (χ1n) is 12.7. The third-order valence-electron chi connectivity index (χ3n) is 7.11. The number of hydrogen-bond acceptors (Lipinski definition) is 3. The highest BCUT2D eigenvalue weighted by molar-refractivity contribution is 7.80. The molecule has 2 N–H and O–H groups in total. The summed E-state index contributed by atoms with van der Waals surface area (Å²) in [6, 6.07) is 9.90. The van der Waals surface area contributed by atoms with Crippen molar-refractivity contribution < 1.29 is 0 Å². The largest absolute Gasteiger partial charge is 0.378 e. The molecule has 1 aromatic rings. The van der Waals surface area contributed by atoms with Crippen LogP contribution in [0.1, 0.15) is 91.0 Å². The first kappa shape index (κ1) is 25.3. The van der Waals surface area contributed by atoms with E-state index in [9.17, 15) is 0 Å². The van der Waals surface area contributed by atoms with Gasteiger partial charge in [0.25, 0.3) is 0 Å². The second-order valence-corrected chi connectivity index (χ2v) is 12.0. The highest BCUT2D eigenvalue weighted by atomic mass is 32.1. The van der Waals surface area contributed by atoms with Crippen molar-refractivity contribution in [3.8, 4) is 0 Å². The van der Waals surface area contributed by atoms with Gasteiger partial charge in [0.05, 0.1) is 0 Å². The molecule has 1 aliphatic heterocycles. The molecule has 0 aromatic heterocycles. The van der Waals surface area contributed by atoms with E-state index in [2.05, 4.69) is 86.5 Å². The van der Waals surface area contributed by atoms with Crippen molar-refractivity contribution in [2.24, 2.45) is 0 Å². The van der Waals surface area contributed by atoms with Gasteiger partial charge in [0.15, 0.2) is 5.11 Å². The van der Waals surface area contributed by atoms with Crippen molar-refractivity contribution in [2.75, 3.05) is 19.0 Å². The van der Waals surface area contributed by atoms with Gasteiger partial charge < -0.3 is 20.4 Å². The molecule has 0 spiro atoms. The molecule has 1 aromatic carbocycles. The lowest BCUT2D eigenvalue weighted by molar-refractivity contribution is 0.0990. The summed E-state index contributed by atoms with van der Waals surface area (Å²) in [6.07, 6.45) is 11.4. The van der Waals surface area contributed by atoms with Crippen molar-refractivity contribution in [2.45, 2.75) is 115 Å². The van der Waals surface area contributed by atoms with Crippen molar-refractivity contribution in [1.82, 2.24) is 15.5 Å². The van der Waals surface area contributed by atoms with Crippen LogP contribution in [0.25, 0.3) is 0 Å². The molecule has 2 aliphatic rings. The molecule has 1 aliphatic carbocycles. The molecule has 3 rings (SSSR count). The van der Waals surface area contributed by atoms with E-state index in [-0.39, 0.29) is 11.1 Å². The van der Waals surface area contributed by atoms with Crippen LogP contribution in [0.2, 0.25) is 0 Å². The average Bonchev–Trinajstić information content (AvgIpc) is 2.66. The zero-order valence-corrected chi connectivity index (χ0v) is 22.2. The van der Waals surface area contributed by atoms with Gasteiger partial charge in [-0.1, -0.05) is 44.2 Å². The molecule has 0 radical (unpaired) electrons. The van der Waals surface area contributed by atoms with Gasteiger partial charge in [0.1, 0.15) is 0 Å². The summed E-state index contributed by atoms with van der Waals surface area (Å²) >= 11 is 6.12. The molecule has 0 bridgehead atoms. The summed E-state index contributed by atoms with van der Waals surface area (Å²) in [5, 5.41) is 8.61. The van der Waals surface area contributed by atoms with Gasteiger partial charge in [-0.05, 0) is 83.3 Å². The molecule has 180 valence electrons. The van der Waals surface area contributed by atoms with E-state index >= 15 is 0 Å². The predicted molar refractivity (Wildman–Crippen MR) is 142 cm³/mol. The molecule has 0 amide bonds. The number of piperidine rings is 1. The third kappa shape index (κ3) is 7.34. The van der Waals surface area contributed by atoms with Crippen LogP contribution < -0.4 is 15.5 Å². The van der Waals surface area contributed by atoms with Crippen LogP contribution in [-0.2, 0) is 6.54 Å². The van der Waals surface area contributed by atoms with Crippen LogP contribution in [0.5, 0.6) is 0 Å². The van der Waals surface area contributed by atoms with Gasteiger partial charge in [0, 0.05) is 49.5 Å². The monoisotopic (exact) mass is 458 g/mol. The lowest BCUT2D eigenvalue weighted by Crippen LogP contribution is -2.63. The Balaban J connectivity index is 1.80. The minimum Gasteiger partial charge on any atom is -0.378 e. The van der Waals surface area contributed by atoms with E-state index in [4.69, 9.17) is 12.2 Å². The van der Waals surface area contributed by atoms with Crippen LogP contribution >= 0.6 is 12.2 Å². The van der Waals surface area contributed by atoms with E-state index in [0.717, 1.165) is 24.5 Å². The lowest BCUT2D eigenvalue weighted by atomic mass is 9.79. The standard InChI is InChI=1S/C27H46N4S/c1-26(2)18-24(19-27(3,4)29-26)31(20-21-14-16-23(17-15-21)30(5)6)25(32)28-22-12-10-8-7-9-11-13-22/h14-17,22,24,29H,7-13,18-20H2,1-6H3,(H,28,32). The fourth-order valence-electron chi connectivity index (χ4n) is 5.81. The van der Waals surface area contributed by atoms with Crippen LogP contribution in [0, 0.1) is 0 Å². The highest BCUT2D eigenvalue weighted by Gasteiger charge is 2.40. The Morgan fingerprint density at radius 3 is 2.00 bits per heavy atom. The number of thiocarbonyl (C=S) groups is 1. The molecule has 0 atom stereocenters. The summed E-state index contributed by atoms with van der Waals surface area (Å²) in [4.78, 5) is 4.66. The zero-order chi connectivity index (χ0) is 23.4. The van der Waals surface area contributed by atoms with Gasteiger partial charge in [-0.15, -0.1) is 0 Å². The highest BCUT2D eigenvalue weighted by Crippen LogP contribution is 2.33. The Morgan fingerprint density at radius 2 is 1.47 bits per heavy atom. The van der Waals surface area contributed by atoms with E-state index < -0.39 is 0 Å². The van der Waals surface area contributed by atoms with Crippen LogP contribution in [0.15, 0.2) is 24.3 Å². The smallest absolute Gasteiger partial charge is 0.169 e. The second kappa shape index (κ2) is 10.7. The molecule has 2 fully saturated rings. The normalized spacial score (nSPS) is 21.9. The van der Waals surface area contributed by atoms with Crippen LogP contribution in [0.3, 0.4) is 0 Å². The van der Waals surface area contributed by atoms with E-state index in [0.29, 0.717) is 12.1 Å². The Morgan fingerprint density at radius 1 is 0.938 bits per heavy atom. The molecular weight excluding hydrogens is 412 g/mol.